The number of hydrogen-bond donors (Lipinski definition) is 1. The van der Waals surface area contributed by atoms with Crippen LogP contribution in [-0.4, -0.2) is 23.8 Å². The van der Waals surface area contributed by atoms with Crippen molar-refractivity contribution in [3.8, 4) is 0 Å². The molecule has 2 rings (SSSR count). The van der Waals surface area contributed by atoms with Gasteiger partial charge >= 0.3 is 0 Å². The standard InChI is InChI=1S/C10H9NO.C3H6O2/c1-7(12)9-3-2-8-4-5-11-10(8)6-9;1-2-5-3-4/h2-6,11H,1H3;3H,2H2,1H3. The second-order valence-corrected chi connectivity index (χ2v) is 3.39. The van der Waals surface area contributed by atoms with E-state index in [1.807, 2.05) is 30.5 Å². The first kappa shape index (κ1) is 13.0. The smallest absolute Gasteiger partial charge is 0.293 e. The van der Waals surface area contributed by atoms with Crippen molar-refractivity contribution < 1.29 is 14.3 Å². The third-order valence-electron chi connectivity index (χ3n) is 2.20. The number of ether oxygens (including phenoxy) is 1. The molecule has 0 atom stereocenters. The van der Waals surface area contributed by atoms with Gasteiger partial charge in [-0.3, -0.25) is 9.59 Å². The molecule has 1 N–H and O–H groups in total. The van der Waals surface area contributed by atoms with Crippen LogP contribution in [0.3, 0.4) is 0 Å². The van der Waals surface area contributed by atoms with Crippen molar-refractivity contribution in [2.45, 2.75) is 13.8 Å². The van der Waals surface area contributed by atoms with E-state index in [1.165, 1.54) is 0 Å². The van der Waals surface area contributed by atoms with Gasteiger partial charge in [-0.2, -0.15) is 0 Å². The topological polar surface area (TPSA) is 59.2 Å². The number of ketones is 1. The maximum atomic E-state index is 11.0. The molecule has 0 bridgehead atoms. The Morgan fingerprint density at radius 2 is 2.18 bits per heavy atom. The zero-order chi connectivity index (χ0) is 12.7. The normalized spacial score (nSPS) is 9.29. The van der Waals surface area contributed by atoms with E-state index in [2.05, 4.69) is 9.72 Å². The van der Waals surface area contributed by atoms with E-state index < -0.39 is 0 Å². The molecule has 2 aromatic rings. The van der Waals surface area contributed by atoms with Crippen LogP contribution in [0.2, 0.25) is 0 Å². The Hall–Kier alpha value is -2.10. The molecular formula is C13H15NO3. The van der Waals surface area contributed by atoms with Gasteiger partial charge in [0.25, 0.3) is 6.47 Å². The van der Waals surface area contributed by atoms with Gasteiger partial charge < -0.3 is 9.72 Å². The van der Waals surface area contributed by atoms with Gasteiger partial charge in [-0.15, -0.1) is 0 Å². The van der Waals surface area contributed by atoms with Crippen molar-refractivity contribution in [1.29, 1.82) is 0 Å². The lowest BCUT2D eigenvalue weighted by Gasteiger charge is -1.94. The van der Waals surface area contributed by atoms with E-state index in [1.54, 1.807) is 13.8 Å². The van der Waals surface area contributed by atoms with E-state index in [9.17, 15) is 9.59 Å². The molecule has 90 valence electrons. The molecule has 0 aliphatic heterocycles. The molecule has 1 aromatic carbocycles. The van der Waals surface area contributed by atoms with E-state index in [-0.39, 0.29) is 5.78 Å². The Morgan fingerprint density at radius 1 is 1.41 bits per heavy atom. The van der Waals surface area contributed by atoms with Crippen molar-refractivity contribution in [1.82, 2.24) is 4.98 Å². The predicted octanol–water partition coefficient (Wildman–Crippen LogP) is 2.55. The molecule has 1 aromatic heterocycles. The van der Waals surface area contributed by atoms with Crippen LogP contribution in [0.5, 0.6) is 0 Å². The summed E-state index contributed by atoms with van der Waals surface area (Å²) < 4.78 is 4.15. The maximum absolute atomic E-state index is 11.0. The summed E-state index contributed by atoms with van der Waals surface area (Å²) in [6.07, 6.45) is 1.87. The lowest BCUT2D eigenvalue weighted by molar-refractivity contribution is -0.128. The van der Waals surface area contributed by atoms with Crippen molar-refractivity contribution in [3.05, 3.63) is 36.0 Å². The fraction of sp³-hybridized carbons (Fsp3) is 0.231. The number of carbonyl (C=O) groups excluding carboxylic acids is 2. The number of carbonyl (C=O) groups is 2. The Bertz CT molecular complexity index is 502. The number of nitrogens with one attached hydrogen (secondary N) is 1. The Labute approximate surface area is 99.6 Å². The summed E-state index contributed by atoms with van der Waals surface area (Å²) in [6, 6.07) is 7.65. The quantitative estimate of drug-likeness (QED) is 0.654. The van der Waals surface area contributed by atoms with Gasteiger partial charge in [0.1, 0.15) is 0 Å². The lowest BCUT2D eigenvalue weighted by atomic mass is 10.1. The summed E-state index contributed by atoms with van der Waals surface area (Å²) >= 11 is 0. The summed E-state index contributed by atoms with van der Waals surface area (Å²) in [6.45, 7) is 4.24. The van der Waals surface area contributed by atoms with Crippen molar-refractivity contribution >= 4 is 23.2 Å². The second kappa shape index (κ2) is 6.48. The van der Waals surface area contributed by atoms with Crippen molar-refractivity contribution in [2.75, 3.05) is 6.61 Å². The molecule has 17 heavy (non-hydrogen) atoms. The fourth-order valence-electron chi connectivity index (χ4n) is 1.33. The fourth-order valence-corrected chi connectivity index (χ4v) is 1.33. The highest BCUT2D eigenvalue weighted by Crippen LogP contribution is 2.14. The molecule has 0 aliphatic carbocycles. The van der Waals surface area contributed by atoms with Gasteiger partial charge in [0.05, 0.1) is 6.61 Å². The van der Waals surface area contributed by atoms with E-state index in [0.29, 0.717) is 13.1 Å². The van der Waals surface area contributed by atoms with E-state index in [4.69, 9.17) is 0 Å². The van der Waals surface area contributed by atoms with Gasteiger partial charge in [-0.1, -0.05) is 12.1 Å². The minimum atomic E-state index is 0.103. The molecule has 0 unspecified atom stereocenters. The summed E-state index contributed by atoms with van der Waals surface area (Å²) in [5.74, 6) is 0.103. The third-order valence-corrected chi connectivity index (χ3v) is 2.20. The molecule has 0 amide bonds. The number of benzene rings is 1. The first-order valence-electron chi connectivity index (χ1n) is 5.32. The van der Waals surface area contributed by atoms with Crippen molar-refractivity contribution in [3.63, 3.8) is 0 Å². The Balaban J connectivity index is 0.000000249. The van der Waals surface area contributed by atoms with Crippen LogP contribution in [0.15, 0.2) is 30.5 Å². The maximum Gasteiger partial charge on any atom is 0.293 e. The predicted molar refractivity (Wildman–Crippen MR) is 66.0 cm³/mol. The van der Waals surface area contributed by atoms with Crippen molar-refractivity contribution in [2.24, 2.45) is 0 Å². The average Bonchev–Trinajstić information content (AvgIpc) is 2.77. The minimum absolute atomic E-state index is 0.103. The number of Topliss-reactive ketones (excluding diaryl/α,β-unsaturated/α-hetero) is 1. The highest BCUT2D eigenvalue weighted by atomic mass is 16.5. The number of aromatic nitrogens is 1. The summed E-state index contributed by atoms with van der Waals surface area (Å²) in [5, 5.41) is 1.14. The summed E-state index contributed by atoms with van der Waals surface area (Å²) in [7, 11) is 0. The zero-order valence-corrected chi connectivity index (χ0v) is 9.90. The molecule has 4 nitrogen and oxygen atoms in total. The molecule has 0 radical (unpaired) electrons. The second-order valence-electron chi connectivity index (χ2n) is 3.39. The lowest BCUT2D eigenvalue weighted by Crippen LogP contribution is -1.90. The summed E-state index contributed by atoms with van der Waals surface area (Å²) in [5.41, 5.74) is 1.77. The molecule has 4 heteroatoms. The van der Waals surface area contributed by atoms with Gasteiger partial charge in [-0.25, -0.2) is 0 Å². The highest BCUT2D eigenvalue weighted by molar-refractivity contribution is 5.97. The molecule has 0 saturated carbocycles. The Kier molecular flexibility index (Phi) is 4.94. The number of fused-ring (bicyclic) bond motifs is 1. The van der Waals surface area contributed by atoms with Crippen LogP contribution in [0.1, 0.15) is 24.2 Å². The van der Waals surface area contributed by atoms with Crippen LogP contribution < -0.4 is 0 Å². The average molecular weight is 233 g/mol. The minimum Gasteiger partial charge on any atom is -0.468 e. The number of rotatable bonds is 3. The van der Waals surface area contributed by atoms with E-state index in [0.717, 1.165) is 16.5 Å². The van der Waals surface area contributed by atoms with Gasteiger partial charge in [-0.05, 0) is 31.4 Å². The first-order valence-corrected chi connectivity index (χ1v) is 5.32. The van der Waals surface area contributed by atoms with Crippen LogP contribution >= 0.6 is 0 Å². The molecule has 0 spiro atoms. The van der Waals surface area contributed by atoms with Gasteiger partial charge in [0.15, 0.2) is 5.78 Å². The zero-order valence-electron chi connectivity index (χ0n) is 9.90. The van der Waals surface area contributed by atoms with Crippen LogP contribution in [-0.2, 0) is 9.53 Å². The number of hydrogen-bond acceptors (Lipinski definition) is 3. The number of aromatic amines is 1. The van der Waals surface area contributed by atoms with E-state index >= 15 is 0 Å². The Morgan fingerprint density at radius 3 is 2.71 bits per heavy atom. The summed E-state index contributed by atoms with van der Waals surface area (Å²) in [4.78, 5) is 23.2. The highest BCUT2D eigenvalue weighted by Gasteiger charge is 2.00. The van der Waals surface area contributed by atoms with Gasteiger partial charge in [0, 0.05) is 17.3 Å². The van der Waals surface area contributed by atoms with Gasteiger partial charge in [0.2, 0.25) is 0 Å². The molecule has 0 fully saturated rings. The molecule has 1 heterocycles. The molecular weight excluding hydrogens is 218 g/mol. The number of H-pyrrole nitrogens is 1. The molecule has 0 saturated heterocycles. The van der Waals surface area contributed by atoms with Crippen LogP contribution in [0.25, 0.3) is 10.9 Å². The van der Waals surface area contributed by atoms with Crippen LogP contribution in [0, 0.1) is 0 Å². The first-order chi connectivity index (χ1) is 8.19. The monoisotopic (exact) mass is 233 g/mol. The SMILES string of the molecule is CC(=O)c1ccc2cc[nH]c2c1.CCOC=O. The van der Waals surface area contributed by atoms with Crippen LogP contribution in [0.4, 0.5) is 0 Å². The third kappa shape index (κ3) is 3.75. The molecule has 0 aliphatic rings. The largest absolute Gasteiger partial charge is 0.468 e.